The molecule has 2 aromatic carbocycles. The van der Waals surface area contributed by atoms with Crippen LogP contribution in [0.3, 0.4) is 0 Å². The minimum absolute atomic E-state index is 0.135. The molecule has 2 rings (SSSR count). The summed E-state index contributed by atoms with van der Waals surface area (Å²) in [7, 11) is -2.23. The zero-order valence-corrected chi connectivity index (χ0v) is 13.5. The van der Waals surface area contributed by atoms with Crippen molar-refractivity contribution >= 4 is 37.3 Å². The molecule has 7 heteroatoms. The summed E-state index contributed by atoms with van der Waals surface area (Å²) in [5.41, 5.74) is 7.08. The summed E-state index contributed by atoms with van der Waals surface area (Å²) in [5, 5.41) is 8.76. The molecule has 0 amide bonds. The van der Waals surface area contributed by atoms with Gasteiger partial charge in [-0.25, -0.2) is 8.42 Å². The molecule has 108 valence electrons. The van der Waals surface area contributed by atoms with Crippen molar-refractivity contribution < 1.29 is 8.42 Å². The van der Waals surface area contributed by atoms with Gasteiger partial charge < -0.3 is 5.73 Å². The lowest BCUT2D eigenvalue weighted by atomic mass is 10.2. The predicted octanol–water partition coefficient (Wildman–Crippen LogP) is 2.73. The summed E-state index contributed by atoms with van der Waals surface area (Å²) < 4.78 is 26.8. The molecule has 2 aromatic rings. The van der Waals surface area contributed by atoms with Crippen LogP contribution >= 0.6 is 15.9 Å². The van der Waals surface area contributed by atoms with E-state index in [1.165, 1.54) is 25.2 Å². The second-order valence-corrected chi connectivity index (χ2v) is 7.14. The Labute approximate surface area is 131 Å². The summed E-state index contributed by atoms with van der Waals surface area (Å²) in [5.74, 6) is 0. The lowest BCUT2D eigenvalue weighted by molar-refractivity contribution is 0.594. The third-order valence-corrected chi connectivity index (χ3v) is 5.46. The molecule has 0 spiro atoms. The highest BCUT2D eigenvalue weighted by Crippen LogP contribution is 2.27. The molecule has 0 atom stereocenters. The van der Waals surface area contributed by atoms with Crippen LogP contribution in [0, 0.1) is 11.3 Å². The van der Waals surface area contributed by atoms with Gasteiger partial charge in [0.1, 0.15) is 0 Å². The molecule has 0 saturated carbocycles. The van der Waals surface area contributed by atoms with Crippen molar-refractivity contribution in [1.29, 1.82) is 5.26 Å². The van der Waals surface area contributed by atoms with Crippen molar-refractivity contribution in [3.05, 3.63) is 52.5 Å². The average Bonchev–Trinajstić information content (AvgIpc) is 2.49. The van der Waals surface area contributed by atoms with Gasteiger partial charge in [-0.15, -0.1) is 0 Å². The molecule has 0 bridgehead atoms. The number of rotatable bonds is 3. The summed E-state index contributed by atoms with van der Waals surface area (Å²) in [6.07, 6.45) is 0. The second-order valence-electron chi connectivity index (χ2n) is 4.31. The molecule has 0 saturated heterocycles. The standard InChI is InChI=1S/C14H12BrN3O2S/c1-18(11-4-2-10(9-16)3-5-11)21(19,20)12-6-7-14(17)13(15)8-12/h2-8H,17H2,1H3. The van der Waals surface area contributed by atoms with Gasteiger partial charge in [0.15, 0.2) is 0 Å². The van der Waals surface area contributed by atoms with Crippen LogP contribution < -0.4 is 10.0 Å². The Balaban J connectivity index is 2.42. The van der Waals surface area contributed by atoms with Crippen LogP contribution in [0.2, 0.25) is 0 Å². The van der Waals surface area contributed by atoms with Crippen molar-refractivity contribution in [2.45, 2.75) is 4.90 Å². The van der Waals surface area contributed by atoms with E-state index < -0.39 is 10.0 Å². The molecular formula is C14H12BrN3O2S. The number of nitrogens with two attached hydrogens (primary N) is 1. The van der Waals surface area contributed by atoms with E-state index in [9.17, 15) is 8.42 Å². The maximum absolute atomic E-state index is 12.5. The van der Waals surface area contributed by atoms with E-state index in [0.29, 0.717) is 21.4 Å². The Kier molecular flexibility index (Phi) is 4.21. The number of halogens is 1. The number of hydrogen-bond acceptors (Lipinski definition) is 4. The maximum Gasteiger partial charge on any atom is 0.264 e. The molecule has 5 nitrogen and oxygen atoms in total. The van der Waals surface area contributed by atoms with Crippen LogP contribution in [0.5, 0.6) is 0 Å². The highest BCUT2D eigenvalue weighted by Gasteiger charge is 2.21. The average molecular weight is 366 g/mol. The highest BCUT2D eigenvalue weighted by atomic mass is 79.9. The summed E-state index contributed by atoms with van der Waals surface area (Å²) in [4.78, 5) is 0.135. The molecule has 21 heavy (non-hydrogen) atoms. The van der Waals surface area contributed by atoms with Crippen molar-refractivity contribution in [3.8, 4) is 6.07 Å². The lowest BCUT2D eigenvalue weighted by Gasteiger charge is -2.19. The zero-order valence-electron chi connectivity index (χ0n) is 11.1. The first kappa shape index (κ1) is 15.4. The van der Waals surface area contributed by atoms with Gasteiger partial charge >= 0.3 is 0 Å². The summed E-state index contributed by atoms with van der Waals surface area (Å²) in [6, 6.07) is 12.7. The number of anilines is 2. The first-order valence-electron chi connectivity index (χ1n) is 5.90. The maximum atomic E-state index is 12.5. The monoisotopic (exact) mass is 365 g/mol. The predicted molar refractivity (Wildman–Crippen MR) is 85.3 cm³/mol. The fraction of sp³-hybridized carbons (Fsp3) is 0.0714. The topological polar surface area (TPSA) is 87.2 Å². The van der Waals surface area contributed by atoms with Gasteiger partial charge in [0, 0.05) is 17.2 Å². The third kappa shape index (κ3) is 3.01. The second kappa shape index (κ2) is 5.76. The summed E-state index contributed by atoms with van der Waals surface area (Å²) >= 11 is 3.22. The van der Waals surface area contributed by atoms with Crippen LogP contribution in [0.4, 0.5) is 11.4 Å². The van der Waals surface area contributed by atoms with Gasteiger partial charge in [0.2, 0.25) is 0 Å². The minimum atomic E-state index is -3.69. The van der Waals surface area contributed by atoms with Crippen molar-refractivity contribution in [2.24, 2.45) is 0 Å². The quantitative estimate of drug-likeness (QED) is 0.847. The molecule has 0 aliphatic heterocycles. The molecule has 2 N–H and O–H groups in total. The molecule has 0 aromatic heterocycles. The normalized spacial score (nSPS) is 10.9. The Morgan fingerprint density at radius 3 is 2.33 bits per heavy atom. The Hall–Kier alpha value is -2.04. The number of nitrogens with zero attached hydrogens (tertiary/aromatic N) is 2. The molecule has 0 fully saturated rings. The van der Waals surface area contributed by atoms with Gasteiger partial charge in [-0.05, 0) is 58.4 Å². The van der Waals surface area contributed by atoms with E-state index in [1.807, 2.05) is 6.07 Å². The molecular weight excluding hydrogens is 354 g/mol. The highest BCUT2D eigenvalue weighted by molar-refractivity contribution is 9.10. The molecule has 0 aliphatic carbocycles. The SMILES string of the molecule is CN(c1ccc(C#N)cc1)S(=O)(=O)c1ccc(N)c(Br)c1. The lowest BCUT2D eigenvalue weighted by Crippen LogP contribution is -2.26. The zero-order chi connectivity index (χ0) is 15.6. The van der Waals surface area contributed by atoms with E-state index in [1.54, 1.807) is 24.3 Å². The van der Waals surface area contributed by atoms with Gasteiger partial charge in [0.25, 0.3) is 10.0 Å². The fourth-order valence-corrected chi connectivity index (χ4v) is 3.46. The summed E-state index contributed by atoms with van der Waals surface area (Å²) in [6.45, 7) is 0. The number of benzene rings is 2. The molecule has 0 radical (unpaired) electrons. The molecule has 0 unspecified atom stereocenters. The number of nitrogen functional groups attached to an aromatic ring is 1. The van der Waals surface area contributed by atoms with Gasteiger partial charge in [-0.2, -0.15) is 5.26 Å². The van der Waals surface area contributed by atoms with E-state index >= 15 is 0 Å². The minimum Gasteiger partial charge on any atom is -0.398 e. The molecule has 0 aliphatic rings. The van der Waals surface area contributed by atoms with E-state index in [4.69, 9.17) is 11.0 Å². The fourth-order valence-electron chi connectivity index (χ4n) is 1.71. The van der Waals surface area contributed by atoms with Crippen LogP contribution in [0.25, 0.3) is 0 Å². The Bertz CT molecular complexity index is 811. The van der Waals surface area contributed by atoms with Gasteiger partial charge in [-0.1, -0.05) is 0 Å². The van der Waals surface area contributed by atoms with Crippen LogP contribution in [-0.4, -0.2) is 15.5 Å². The van der Waals surface area contributed by atoms with Gasteiger partial charge in [-0.3, -0.25) is 4.31 Å². The van der Waals surface area contributed by atoms with Gasteiger partial charge in [0.05, 0.1) is 22.2 Å². The van der Waals surface area contributed by atoms with Crippen LogP contribution in [0.1, 0.15) is 5.56 Å². The van der Waals surface area contributed by atoms with Crippen molar-refractivity contribution in [2.75, 3.05) is 17.1 Å². The third-order valence-electron chi connectivity index (χ3n) is 2.99. The van der Waals surface area contributed by atoms with Crippen LogP contribution in [0.15, 0.2) is 51.8 Å². The van der Waals surface area contributed by atoms with Crippen LogP contribution in [-0.2, 0) is 10.0 Å². The smallest absolute Gasteiger partial charge is 0.264 e. The largest absolute Gasteiger partial charge is 0.398 e. The van der Waals surface area contributed by atoms with E-state index in [-0.39, 0.29) is 4.90 Å². The first-order valence-corrected chi connectivity index (χ1v) is 8.13. The molecule has 0 heterocycles. The first-order chi connectivity index (χ1) is 9.86. The number of sulfonamides is 1. The Morgan fingerprint density at radius 2 is 1.81 bits per heavy atom. The van der Waals surface area contributed by atoms with Crippen molar-refractivity contribution in [3.63, 3.8) is 0 Å². The van der Waals surface area contributed by atoms with E-state index in [2.05, 4.69) is 15.9 Å². The number of hydrogen-bond donors (Lipinski definition) is 1. The van der Waals surface area contributed by atoms with E-state index in [0.717, 1.165) is 4.31 Å². The van der Waals surface area contributed by atoms with Crippen molar-refractivity contribution in [1.82, 2.24) is 0 Å². The Morgan fingerprint density at radius 1 is 1.19 bits per heavy atom. The number of nitriles is 1.